The zero-order valence-corrected chi connectivity index (χ0v) is 11.5. The Kier molecular flexibility index (Phi) is 3.50. The average Bonchev–Trinajstić information content (AvgIpc) is 2.97. The predicted octanol–water partition coefficient (Wildman–Crippen LogP) is 2.92. The van der Waals surface area contributed by atoms with E-state index in [9.17, 15) is 13.2 Å². The number of alkyl halides is 3. The van der Waals surface area contributed by atoms with Crippen LogP contribution >= 0.6 is 0 Å². The Bertz CT molecular complexity index is 474. The van der Waals surface area contributed by atoms with Crippen molar-refractivity contribution in [1.82, 2.24) is 10.2 Å². The Morgan fingerprint density at radius 2 is 1.75 bits per heavy atom. The molecule has 0 aromatic heterocycles. The molecule has 2 aliphatic rings. The summed E-state index contributed by atoms with van der Waals surface area (Å²) in [5, 5.41) is 3.35. The molecule has 1 aromatic rings. The molecule has 0 spiro atoms. The minimum atomic E-state index is -4.28. The van der Waals surface area contributed by atoms with E-state index in [0.29, 0.717) is 17.4 Å². The van der Waals surface area contributed by atoms with E-state index in [4.69, 9.17) is 0 Å². The van der Waals surface area contributed by atoms with E-state index >= 15 is 0 Å². The van der Waals surface area contributed by atoms with E-state index in [-0.39, 0.29) is 6.04 Å². The minimum absolute atomic E-state index is 0.182. The highest BCUT2D eigenvalue weighted by atomic mass is 19.4. The Morgan fingerprint density at radius 1 is 1.15 bits per heavy atom. The molecule has 20 heavy (non-hydrogen) atoms. The summed E-state index contributed by atoms with van der Waals surface area (Å²) in [5.41, 5.74) is -0.101. The molecule has 1 N–H and O–H groups in total. The van der Waals surface area contributed by atoms with E-state index in [1.54, 1.807) is 12.1 Å². The number of fused-ring (bicyclic) bond motifs is 1. The first-order valence-corrected chi connectivity index (χ1v) is 7.07. The molecular formula is C15H19F3N2. The van der Waals surface area contributed by atoms with E-state index in [0.717, 1.165) is 26.2 Å². The van der Waals surface area contributed by atoms with Gasteiger partial charge in [-0.25, -0.2) is 0 Å². The van der Waals surface area contributed by atoms with Gasteiger partial charge in [0.25, 0.3) is 0 Å². The lowest BCUT2D eigenvalue weighted by Crippen LogP contribution is -2.29. The number of nitrogens with zero attached hydrogens (tertiary/aromatic N) is 1. The van der Waals surface area contributed by atoms with Crippen molar-refractivity contribution in [2.75, 3.05) is 26.2 Å². The predicted molar refractivity (Wildman–Crippen MR) is 71.3 cm³/mol. The lowest BCUT2D eigenvalue weighted by molar-refractivity contribution is -0.138. The lowest BCUT2D eigenvalue weighted by atomic mass is 10.00. The van der Waals surface area contributed by atoms with Crippen molar-refractivity contribution < 1.29 is 13.2 Å². The first kappa shape index (κ1) is 13.9. The Morgan fingerprint density at radius 3 is 2.35 bits per heavy atom. The topological polar surface area (TPSA) is 15.3 Å². The van der Waals surface area contributed by atoms with Gasteiger partial charge in [-0.3, -0.25) is 4.90 Å². The zero-order valence-electron chi connectivity index (χ0n) is 11.5. The van der Waals surface area contributed by atoms with Crippen LogP contribution in [0.3, 0.4) is 0 Å². The van der Waals surface area contributed by atoms with Crippen molar-refractivity contribution in [3.05, 3.63) is 35.4 Å². The van der Waals surface area contributed by atoms with Gasteiger partial charge in [0.05, 0.1) is 5.56 Å². The van der Waals surface area contributed by atoms with Crippen LogP contribution in [0.1, 0.15) is 24.1 Å². The minimum Gasteiger partial charge on any atom is -0.316 e. The molecule has 2 aliphatic heterocycles. The van der Waals surface area contributed by atoms with Gasteiger partial charge in [-0.2, -0.15) is 13.2 Å². The van der Waals surface area contributed by atoms with Crippen LogP contribution in [0.4, 0.5) is 13.2 Å². The lowest BCUT2D eigenvalue weighted by Gasteiger charge is -2.27. The van der Waals surface area contributed by atoms with Gasteiger partial charge in [0, 0.05) is 19.1 Å². The molecule has 1 aromatic carbocycles. The van der Waals surface area contributed by atoms with Crippen molar-refractivity contribution in [2.45, 2.75) is 19.1 Å². The summed E-state index contributed by atoms with van der Waals surface area (Å²) in [6.45, 7) is 5.67. The number of halogens is 3. The van der Waals surface area contributed by atoms with Crippen molar-refractivity contribution >= 4 is 0 Å². The molecule has 2 fully saturated rings. The summed E-state index contributed by atoms with van der Waals surface area (Å²) < 4.78 is 39.3. The van der Waals surface area contributed by atoms with Gasteiger partial charge >= 0.3 is 6.18 Å². The van der Waals surface area contributed by atoms with Crippen LogP contribution in [0, 0.1) is 11.8 Å². The molecule has 2 saturated heterocycles. The van der Waals surface area contributed by atoms with Gasteiger partial charge in [-0.05, 0) is 43.5 Å². The van der Waals surface area contributed by atoms with E-state index in [1.807, 2.05) is 6.92 Å². The highest BCUT2D eigenvalue weighted by Gasteiger charge is 2.40. The van der Waals surface area contributed by atoms with Gasteiger partial charge in [-0.15, -0.1) is 0 Å². The maximum absolute atomic E-state index is 13.1. The maximum Gasteiger partial charge on any atom is 0.416 e. The van der Waals surface area contributed by atoms with Gasteiger partial charge < -0.3 is 5.32 Å². The highest BCUT2D eigenvalue weighted by Crippen LogP contribution is 2.38. The molecule has 5 heteroatoms. The summed E-state index contributed by atoms with van der Waals surface area (Å²) in [7, 11) is 0. The third kappa shape index (κ3) is 2.44. The second kappa shape index (κ2) is 5.04. The van der Waals surface area contributed by atoms with Crippen LogP contribution in [0.15, 0.2) is 24.3 Å². The zero-order chi connectivity index (χ0) is 14.3. The smallest absolute Gasteiger partial charge is 0.316 e. The largest absolute Gasteiger partial charge is 0.416 e. The molecule has 3 atom stereocenters. The van der Waals surface area contributed by atoms with Crippen molar-refractivity contribution in [2.24, 2.45) is 11.8 Å². The SMILES string of the molecule is CC(c1ccccc1C(F)(F)F)N1CC2CNCC2C1. The van der Waals surface area contributed by atoms with E-state index < -0.39 is 11.7 Å². The van der Waals surface area contributed by atoms with E-state index in [2.05, 4.69) is 10.2 Å². The molecule has 110 valence electrons. The molecule has 0 amide bonds. The Hall–Kier alpha value is -1.07. The second-order valence-electron chi connectivity index (χ2n) is 5.89. The number of likely N-dealkylation sites (tertiary alicyclic amines) is 1. The van der Waals surface area contributed by atoms with Crippen LogP contribution in [-0.4, -0.2) is 31.1 Å². The number of hydrogen-bond donors (Lipinski definition) is 1. The first-order valence-electron chi connectivity index (χ1n) is 7.07. The van der Waals surface area contributed by atoms with Crippen molar-refractivity contribution in [1.29, 1.82) is 0 Å². The number of rotatable bonds is 2. The van der Waals surface area contributed by atoms with Gasteiger partial charge in [0.1, 0.15) is 0 Å². The van der Waals surface area contributed by atoms with Crippen LogP contribution in [0.25, 0.3) is 0 Å². The third-order valence-corrected chi connectivity index (χ3v) is 4.68. The summed E-state index contributed by atoms with van der Waals surface area (Å²) in [4.78, 5) is 2.20. The number of benzene rings is 1. The van der Waals surface area contributed by atoms with Crippen LogP contribution in [0.5, 0.6) is 0 Å². The fraction of sp³-hybridized carbons (Fsp3) is 0.600. The number of hydrogen-bond acceptors (Lipinski definition) is 2. The van der Waals surface area contributed by atoms with Crippen molar-refractivity contribution in [3.8, 4) is 0 Å². The molecular weight excluding hydrogens is 265 g/mol. The van der Waals surface area contributed by atoms with Gasteiger partial charge in [-0.1, -0.05) is 18.2 Å². The molecule has 0 saturated carbocycles. The molecule has 2 heterocycles. The van der Waals surface area contributed by atoms with Crippen LogP contribution in [0.2, 0.25) is 0 Å². The van der Waals surface area contributed by atoms with E-state index in [1.165, 1.54) is 12.1 Å². The Labute approximate surface area is 117 Å². The summed E-state index contributed by atoms with van der Waals surface area (Å²) in [6.07, 6.45) is -4.28. The quantitative estimate of drug-likeness (QED) is 0.898. The van der Waals surface area contributed by atoms with Gasteiger partial charge in [0.15, 0.2) is 0 Å². The summed E-state index contributed by atoms with van der Waals surface area (Å²) in [6, 6.07) is 5.77. The van der Waals surface area contributed by atoms with Gasteiger partial charge in [0.2, 0.25) is 0 Å². The normalized spacial score (nSPS) is 28.6. The maximum atomic E-state index is 13.1. The molecule has 3 rings (SSSR count). The standard InChI is InChI=1S/C15H19F3N2/c1-10(20-8-11-6-19-7-12(11)9-20)13-4-2-3-5-14(13)15(16,17)18/h2-5,10-12,19H,6-9H2,1H3. The molecule has 0 radical (unpaired) electrons. The highest BCUT2D eigenvalue weighted by molar-refractivity contribution is 5.32. The summed E-state index contributed by atoms with van der Waals surface area (Å²) in [5.74, 6) is 1.19. The monoisotopic (exact) mass is 284 g/mol. The molecule has 2 nitrogen and oxygen atoms in total. The van der Waals surface area contributed by atoms with Crippen LogP contribution in [-0.2, 0) is 6.18 Å². The Balaban J connectivity index is 1.83. The molecule has 0 bridgehead atoms. The number of nitrogens with one attached hydrogen (secondary N) is 1. The second-order valence-corrected chi connectivity index (χ2v) is 5.89. The summed E-state index contributed by atoms with van der Waals surface area (Å²) >= 11 is 0. The third-order valence-electron chi connectivity index (χ3n) is 4.68. The average molecular weight is 284 g/mol. The van der Waals surface area contributed by atoms with Crippen molar-refractivity contribution in [3.63, 3.8) is 0 Å². The fourth-order valence-corrected chi connectivity index (χ4v) is 3.52. The molecule has 3 unspecified atom stereocenters. The molecule has 0 aliphatic carbocycles. The van der Waals surface area contributed by atoms with Crippen LogP contribution < -0.4 is 5.32 Å². The first-order chi connectivity index (χ1) is 9.47. The fourth-order valence-electron chi connectivity index (χ4n) is 3.52.